The molecule has 29 heavy (non-hydrogen) atoms. The number of hydrogen-bond acceptors (Lipinski definition) is 3. The third kappa shape index (κ3) is 5.27. The van der Waals surface area contributed by atoms with Gasteiger partial charge in [0.15, 0.2) is 0 Å². The molecular formula is C19H20F3N3O3S. The summed E-state index contributed by atoms with van der Waals surface area (Å²) < 4.78 is 64.5. The fourth-order valence-corrected chi connectivity index (χ4v) is 4.52. The molecule has 0 spiro atoms. The minimum atomic E-state index is -4.45. The minimum absolute atomic E-state index is 0.0861. The summed E-state index contributed by atoms with van der Waals surface area (Å²) in [5.74, 6) is 0. The van der Waals surface area contributed by atoms with Gasteiger partial charge in [-0.1, -0.05) is 12.1 Å². The normalized spacial score (nSPS) is 15.3. The molecule has 1 saturated heterocycles. The van der Waals surface area contributed by atoms with Gasteiger partial charge < -0.3 is 10.6 Å². The number of nitrogens with one attached hydrogen (secondary N) is 2. The van der Waals surface area contributed by atoms with Crippen molar-refractivity contribution in [2.45, 2.75) is 30.5 Å². The number of anilines is 1. The molecule has 0 radical (unpaired) electrons. The van der Waals surface area contributed by atoms with Crippen LogP contribution in [0, 0.1) is 0 Å². The second-order valence-electron chi connectivity index (χ2n) is 6.64. The molecule has 1 fully saturated rings. The van der Waals surface area contributed by atoms with Crippen LogP contribution in [0.1, 0.15) is 24.0 Å². The molecule has 2 aromatic rings. The van der Waals surface area contributed by atoms with Crippen LogP contribution in [0.4, 0.5) is 23.7 Å². The summed E-state index contributed by atoms with van der Waals surface area (Å²) in [7, 11) is -3.53. The topological polar surface area (TPSA) is 78.5 Å². The smallest absolute Gasteiger partial charge is 0.334 e. The van der Waals surface area contributed by atoms with Crippen LogP contribution in [0.5, 0.6) is 0 Å². The van der Waals surface area contributed by atoms with Crippen molar-refractivity contribution in [1.82, 2.24) is 9.62 Å². The molecule has 2 amide bonds. The zero-order chi connectivity index (χ0) is 21.1. The van der Waals surface area contributed by atoms with E-state index in [9.17, 15) is 26.4 Å². The van der Waals surface area contributed by atoms with E-state index in [4.69, 9.17) is 0 Å². The number of hydrogen-bond donors (Lipinski definition) is 2. The molecule has 0 aliphatic carbocycles. The number of alkyl halides is 3. The van der Waals surface area contributed by atoms with E-state index in [0.717, 1.165) is 25.0 Å². The standard InChI is InChI=1S/C19H20F3N3O3S/c20-19(21,22)15-5-3-4-14(12-15)13-23-18(26)24-16-6-8-17(9-7-16)29(27,28)25-10-1-2-11-25/h3-9,12H,1-2,10-11,13H2,(H2,23,24,26). The van der Waals surface area contributed by atoms with Gasteiger partial charge in [0, 0.05) is 25.3 Å². The maximum atomic E-state index is 12.7. The second-order valence-corrected chi connectivity index (χ2v) is 8.58. The average Bonchev–Trinajstić information content (AvgIpc) is 3.22. The maximum Gasteiger partial charge on any atom is 0.416 e. The van der Waals surface area contributed by atoms with Crippen molar-refractivity contribution < 1.29 is 26.4 Å². The Hall–Kier alpha value is -2.59. The van der Waals surface area contributed by atoms with Crippen LogP contribution in [0.2, 0.25) is 0 Å². The zero-order valence-corrected chi connectivity index (χ0v) is 16.2. The van der Waals surface area contributed by atoms with Crippen LogP contribution in [0.15, 0.2) is 53.4 Å². The molecule has 156 valence electrons. The molecule has 1 aliphatic rings. The van der Waals surface area contributed by atoms with E-state index in [1.165, 1.54) is 40.7 Å². The molecule has 0 unspecified atom stereocenters. The highest BCUT2D eigenvalue weighted by Gasteiger charge is 2.30. The van der Waals surface area contributed by atoms with Crippen LogP contribution >= 0.6 is 0 Å². The largest absolute Gasteiger partial charge is 0.416 e. The zero-order valence-electron chi connectivity index (χ0n) is 15.4. The molecule has 6 nitrogen and oxygen atoms in total. The Morgan fingerprint density at radius 2 is 1.69 bits per heavy atom. The lowest BCUT2D eigenvalue weighted by molar-refractivity contribution is -0.137. The van der Waals surface area contributed by atoms with E-state index < -0.39 is 27.8 Å². The van der Waals surface area contributed by atoms with Crippen molar-refractivity contribution in [3.8, 4) is 0 Å². The van der Waals surface area contributed by atoms with Gasteiger partial charge in [0.25, 0.3) is 0 Å². The summed E-state index contributed by atoms with van der Waals surface area (Å²) in [6, 6.07) is 9.83. The predicted molar refractivity (Wildman–Crippen MR) is 102 cm³/mol. The van der Waals surface area contributed by atoms with Crippen LogP contribution in [0.3, 0.4) is 0 Å². The van der Waals surface area contributed by atoms with Gasteiger partial charge in [-0.2, -0.15) is 17.5 Å². The van der Waals surface area contributed by atoms with E-state index in [2.05, 4.69) is 10.6 Å². The van der Waals surface area contributed by atoms with Crippen LogP contribution in [0.25, 0.3) is 0 Å². The highest BCUT2D eigenvalue weighted by molar-refractivity contribution is 7.89. The number of urea groups is 1. The Morgan fingerprint density at radius 1 is 1.03 bits per heavy atom. The molecule has 10 heteroatoms. The molecular weight excluding hydrogens is 407 g/mol. The highest BCUT2D eigenvalue weighted by atomic mass is 32.2. The highest BCUT2D eigenvalue weighted by Crippen LogP contribution is 2.29. The van der Waals surface area contributed by atoms with E-state index in [1.807, 2.05) is 0 Å². The van der Waals surface area contributed by atoms with Gasteiger partial charge in [-0.15, -0.1) is 0 Å². The van der Waals surface area contributed by atoms with Crippen LogP contribution in [-0.2, 0) is 22.7 Å². The van der Waals surface area contributed by atoms with Crippen molar-refractivity contribution in [1.29, 1.82) is 0 Å². The number of halogens is 3. The Kier molecular flexibility index (Phi) is 6.13. The third-order valence-electron chi connectivity index (χ3n) is 4.52. The van der Waals surface area contributed by atoms with Crippen molar-refractivity contribution in [2.75, 3.05) is 18.4 Å². The SMILES string of the molecule is O=C(NCc1cccc(C(F)(F)F)c1)Nc1ccc(S(=O)(=O)N2CCCC2)cc1. The van der Waals surface area contributed by atoms with Crippen molar-refractivity contribution >= 4 is 21.7 Å². The first-order valence-corrected chi connectivity index (χ1v) is 10.4. The quantitative estimate of drug-likeness (QED) is 0.762. The van der Waals surface area contributed by atoms with Crippen molar-refractivity contribution in [2.24, 2.45) is 0 Å². The summed E-state index contributed by atoms with van der Waals surface area (Å²) in [5, 5.41) is 5.00. The number of nitrogens with zero attached hydrogens (tertiary/aromatic N) is 1. The molecule has 0 saturated carbocycles. The molecule has 0 bridgehead atoms. The molecule has 3 rings (SSSR count). The molecule has 2 aromatic carbocycles. The maximum absolute atomic E-state index is 12.7. The van der Waals surface area contributed by atoms with Gasteiger partial charge in [-0.3, -0.25) is 0 Å². The lowest BCUT2D eigenvalue weighted by Gasteiger charge is -2.15. The van der Waals surface area contributed by atoms with Crippen LogP contribution in [-0.4, -0.2) is 31.8 Å². The first-order valence-electron chi connectivity index (χ1n) is 8.97. The Balaban J connectivity index is 1.57. The number of benzene rings is 2. The van der Waals surface area contributed by atoms with E-state index in [1.54, 1.807) is 0 Å². The summed E-state index contributed by atoms with van der Waals surface area (Å²) in [6.45, 7) is 0.914. The lowest BCUT2D eigenvalue weighted by atomic mass is 10.1. The number of carbonyl (C=O) groups is 1. The van der Waals surface area contributed by atoms with Crippen molar-refractivity contribution in [3.05, 3.63) is 59.7 Å². The lowest BCUT2D eigenvalue weighted by Crippen LogP contribution is -2.29. The number of amides is 2. The monoisotopic (exact) mass is 427 g/mol. The molecule has 0 atom stereocenters. The van der Waals surface area contributed by atoms with E-state index >= 15 is 0 Å². The number of rotatable bonds is 5. The van der Waals surface area contributed by atoms with Gasteiger partial charge in [0.2, 0.25) is 10.0 Å². The van der Waals surface area contributed by atoms with E-state index in [-0.39, 0.29) is 11.4 Å². The Morgan fingerprint density at radius 3 is 2.31 bits per heavy atom. The molecule has 1 aliphatic heterocycles. The first kappa shape index (κ1) is 21.1. The predicted octanol–water partition coefficient (Wildman–Crippen LogP) is 3.81. The van der Waals surface area contributed by atoms with Crippen LogP contribution < -0.4 is 10.6 Å². The number of sulfonamides is 1. The van der Waals surface area contributed by atoms with Gasteiger partial charge in [0.05, 0.1) is 10.5 Å². The van der Waals surface area contributed by atoms with Crippen molar-refractivity contribution in [3.63, 3.8) is 0 Å². The fourth-order valence-electron chi connectivity index (χ4n) is 3.00. The Bertz CT molecular complexity index is 970. The summed E-state index contributed by atoms with van der Waals surface area (Å²) in [5.41, 5.74) is -0.110. The number of carbonyl (C=O) groups excluding carboxylic acids is 1. The second kappa shape index (κ2) is 8.42. The average molecular weight is 427 g/mol. The molecule has 0 aromatic heterocycles. The Labute approximate surface area is 166 Å². The summed E-state index contributed by atoms with van der Waals surface area (Å²) >= 11 is 0. The van der Waals surface area contributed by atoms with Gasteiger partial charge in [-0.25, -0.2) is 13.2 Å². The van der Waals surface area contributed by atoms with Gasteiger partial charge in [0.1, 0.15) is 0 Å². The van der Waals surface area contributed by atoms with Gasteiger partial charge >= 0.3 is 12.2 Å². The van der Waals surface area contributed by atoms with E-state index in [0.29, 0.717) is 24.3 Å². The molecule has 1 heterocycles. The third-order valence-corrected chi connectivity index (χ3v) is 6.44. The minimum Gasteiger partial charge on any atom is -0.334 e. The fraction of sp³-hybridized carbons (Fsp3) is 0.316. The van der Waals surface area contributed by atoms with Gasteiger partial charge in [-0.05, 0) is 54.8 Å². The first-order chi connectivity index (χ1) is 13.7. The molecule has 2 N–H and O–H groups in total. The summed E-state index contributed by atoms with van der Waals surface area (Å²) in [6.07, 6.45) is -2.77. The summed E-state index contributed by atoms with van der Waals surface area (Å²) in [4.78, 5) is 12.1.